The van der Waals surface area contributed by atoms with Crippen molar-refractivity contribution in [2.45, 2.75) is 32.1 Å². The van der Waals surface area contributed by atoms with Crippen LogP contribution in [0.4, 0.5) is 0 Å². The lowest BCUT2D eigenvalue weighted by Crippen LogP contribution is -2.41. The molecule has 150 valence electrons. The van der Waals surface area contributed by atoms with E-state index >= 15 is 0 Å². The second-order valence-corrected chi connectivity index (χ2v) is 7.27. The molecule has 0 N–H and O–H groups in total. The molecular weight excluding hydrogens is 364 g/mol. The number of piperidine rings is 1. The maximum absolute atomic E-state index is 12.7. The van der Waals surface area contributed by atoms with Gasteiger partial charge in [0.2, 0.25) is 0 Å². The zero-order valence-corrected chi connectivity index (χ0v) is 16.7. The second-order valence-electron chi connectivity index (χ2n) is 7.27. The largest absolute Gasteiger partial charge is 0.484 e. The van der Waals surface area contributed by atoms with E-state index in [-0.39, 0.29) is 18.4 Å². The van der Waals surface area contributed by atoms with Crippen molar-refractivity contribution in [1.82, 2.24) is 19.4 Å². The molecule has 0 aliphatic carbocycles. The lowest BCUT2D eigenvalue weighted by molar-refractivity contribution is -0.134. The molecule has 1 aliphatic heterocycles. The third-order valence-corrected chi connectivity index (χ3v) is 5.33. The van der Waals surface area contributed by atoms with Gasteiger partial charge in [0.05, 0.1) is 0 Å². The number of imidazole rings is 1. The number of pyridine rings is 1. The summed E-state index contributed by atoms with van der Waals surface area (Å²) in [5, 5.41) is 0. The topological polar surface area (TPSA) is 60.2 Å². The molecule has 1 amide bonds. The minimum Gasteiger partial charge on any atom is -0.484 e. The van der Waals surface area contributed by atoms with Crippen LogP contribution in [0.3, 0.4) is 0 Å². The van der Waals surface area contributed by atoms with Gasteiger partial charge in [0, 0.05) is 43.5 Å². The number of likely N-dealkylation sites (tertiary alicyclic amines) is 1. The maximum Gasteiger partial charge on any atom is 0.260 e. The van der Waals surface area contributed by atoms with Crippen molar-refractivity contribution in [3.8, 4) is 11.6 Å². The van der Waals surface area contributed by atoms with E-state index in [1.807, 2.05) is 58.1 Å². The Kier molecular flexibility index (Phi) is 5.89. The smallest absolute Gasteiger partial charge is 0.260 e. The molecule has 3 heterocycles. The van der Waals surface area contributed by atoms with E-state index in [4.69, 9.17) is 9.72 Å². The number of hydrogen-bond donors (Lipinski definition) is 0. The van der Waals surface area contributed by atoms with E-state index in [0.717, 1.165) is 48.9 Å². The number of amides is 1. The van der Waals surface area contributed by atoms with E-state index in [2.05, 4.69) is 18.0 Å². The molecular formula is C23H26N4O2. The fraction of sp³-hybridized carbons (Fsp3) is 0.348. The molecule has 0 unspecified atom stereocenters. The summed E-state index contributed by atoms with van der Waals surface area (Å²) in [6, 6.07) is 15.6. The van der Waals surface area contributed by atoms with Gasteiger partial charge in [-0.05, 0) is 37.1 Å². The monoisotopic (exact) mass is 390 g/mol. The van der Waals surface area contributed by atoms with E-state index < -0.39 is 0 Å². The first-order valence-corrected chi connectivity index (χ1v) is 10.2. The van der Waals surface area contributed by atoms with Gasteiger partial charge in [-0.25, -0.2) is 9.97 Å². The Labute approximate surface area is 171 Å². The molecule has 1 fully saturated rings. The number of carbonyl (C=O) groups is 1. The lowest BCUT2D eigenvalue weighted by atomic mass is 9.94. The standard InChI is InChI=1S/C23H26N4O2/c1-2-21-24-13-15-27(21)22-12-6-11-20(25-22)18-8-7-14-26(16-18)23(28)17-29-19-9-4-3-5-10-19/h3-6,9-13,15,18H,2,7-8,14,16-17H2,1H3/t18-/m1/s1. The zero-order chi connectivity index (χ0) is 20.1. The number of nitrogens with zero attached hydrogens (tertiary/aromatic N) is 4. The van der Waals surface area contributed by atoms with Gasteiger partial charge in [-0.1, -0.05) is 31.2 Å². The van der Waals surface area contributed by atoms with Crippen molar-refractivity contribution in [3.05, 3.63) is 72.4 Å². The van der Waals surface area contributed by atoms with Crippen molar-refractivity contribution in [1.29, 1.82) is 0 Å². The lowest BCUT2D eigenvalue weighted by Gasteiger charge is -2.32. The Balaban J connectivity index is 1.43. The fourth-order valence-corrected chi connectivity index (χ4v) is 3.80. The summed E-state index contributed by atoms with van der Waals surface area (Å²) in [5.41, 5.74) is 1.03. The van der Waals surface area contributed by atoms with Gasteiger partial charge in [-0.3, -0.25) is 9.36 Å². The van der Waals surface area contributed by atoms with Gasteiger partial charge in [0.1, 0.15) is 17.4 Å². The highest BCUT2D eigenvalue weighted by Crippen LogP contribution is 2.26. The van der Waals surface area contributed by atoms with Crippen LogP contribution in [-0.2, 0) is 11.2 Å². The Morgan fingerprint density at radius 3 is 2.86 bits per heavy atom. The normalized spacial score (nSPS) is 16.6. The predicted molar refractivity (Wildman–Crippen MR) is 111 cm³/mol. The fourth-order valence-electron chi connectivity index (χ4n) is 3.80. The van der Waals surface area contributed by atoms with E-state index in [1.54, 1.807) is 6.20 Å². The van der Waals surface area contributed by atoms with Crippen molar-refractivity contribution in [3.63, 3.8) is 0 Å². The molecule has 0 bridgehead atoms. The average molecular weight is 390 g/mol. The number of rotatable bonds is 6. The number of hydrogen-bond acceptors (Lipinski definition) is 4. The van der Waals surface area contributed by atoms with Crippen LogP contribution >= 0.6 is 0 Å². The summed E-state index contributed by atoms with van der Waals surface area (Å²) in [6.07, 6.45) is 6.61. The van der Waals surface area contributed by atoms with Crippen LogP contribution in [0.2, 0.25) is 0 Å². The molecule has 0 radical (unpaired) electrons. The Morgan fingerprint density at radius 2 is 2.03 bits per heavy atom. The number of para-hydroxylation sites is 1. The molecule has 4 rings (SSSR count). The molecule has 3 aromatic rings. The first-order chi connectivity index (χ1) is 14.2. The number of benzene rings is 1. The molecule has 6 heteroatoms. The number of ether oxygens (including phenoxy) is 1. The average Bonchev–Trinajstić information content (AvgIpc) is 3.27. The van der Waals surface area contributed by atoms with Gasteiger partial charge >= 0.3 is 0 Å². The third-order valence-electron chi connectivity index (χ3n) is 5.33. The van der Waals surface area contributed by atoms with Gasteiger partial charge in [0.25, 0.3) is 5.91 Å². The molecule has 29 heavy (non-hydrogen) atoms. The first-order valence-electron chi connectivity index (χ1n) is 10.2. The molecule has 1 aromatic carbocycles. The second kappa shape index (κ2) is 8.90. The summed E-state index contributed by atoms with van der Waals surface area (Å²) < 4.78 is 7.67. The minimum absolute atomic E-state index is 0.0255. The first kappa shape index (κ1) is 19.2. The van der Waals surface area contributed by atoms with Crippen LogP contribution in [0.5, 0.6) is 5.75 Å². The van der Waals surface area contributed by atoms with Crippen molar-refractivity contribution in [2.24, 2.45) is 0 Å². The van der Waals surface area contributed by atoms with E-state index in [9.17, 15) is 4.79 Å². The van der Waals surface area contributed by atoms with Crippen LogP contribution in [0.1, 0.15) is 37.2 Å². The van der Waals surface area contributed by atoms with Crippen molar-refractivity contribution in [2.75, 3.05) is 19.7 Å². The summed E-state index contributed by atoms with van der Waals surface area (Å²) in [6.45, 7) is 3.61. The maximum atomic E-state index is 12.7. The highest BCUT2D eigenvalue weighted by atomic mass is 16.5. The number of aromatic nitrogens is 3. The summed E-state index contributed by atoms with van der Waals surface area (Å²) in [4.78, 5) is 23.8. The van der Waals surface area contributed by atoms with Crippen LogP contribution in [0.25, 0.3) is 5.82 Å². The summed E-state index contributed by atoms with van der Waals surface area (Å²) in [7, 11) is 0. The molecule has 1 saturated heterocycles. The number of carbonyl (C=O) groups excluding carboxylic acids is 1. The SMILES string of the molecule is CCc1nccn1-c1cccc([C@@H]2CCCN(C(=O)COc3ccccc3)C2)n1. The molecule has 0 spiro atoms. The molecule has 0 saturated carbocycles. The highest BCUT2D eigenvalue weighted by Gasteiger charge is 2.26. The van der Waals surface area contributed by atoms with E-state index in [1.165, 1.54) is 0 Å². The molecule has 1 aliphatic rings. The van der Waals surface area contributed by atoms with Crippen LogP contribution in [0.15, 0.2) is 60.9 Å². The summed E-state index contributed by atoms with van der Waals surface area (Å²) in [5.74, 6) is 2.85. The van der Waals surface area contributed by atoms with Crippen molar-refractivity contribution < 1.29 is 9.53 Å². The Morgan fingerprint density at radius 1 is 1.17 bits per heavy atom. The molecule has 6 nitrogen and oxygen atoms in total. The third kappa shape index (κ3) is 4.47. The zero-order valence-electron chi connectivity index (χ0n) is 16.7. The van der Waals surface area contributed by atoms with Crippen LogP contribution < -0.4 is 4.74 Å². The minimum atomic E-state index is 0.0255. The Hall–Kier alpha value is -3.15. The number of aryl methyl sites for hydroxylation is 1. The quantitative estimate of drug-likeness (QED) is 0.645. The predicted octanol–water partition coefficient (Wildman–Crippen LogP) is 3.61. The highest BCUT2D eigenvalue weighted by molar-refractivity contribution is 5.78. The summed E-state index contributed by atoms with van der Waals surface area (Å²) >= 11 is 0. The molecule has 1 atom stereocenters. The van der Waals surface area contributed by atoms with Crippen LogP contribution in [0, 0.1) is 0 Å². The van der Waals surface area contributed by atoms with Crippen LogP contribution in [-0.4, -0.2) is 45.0 Å². The van der Waals surface area contributed by atoms with Gasteiger partial charge in [-0.15, -0.1) is 0 Å². The molecule has 2 aromatic heterocycles. The van der Waals surface area contributed by atoms with Gasteiger partial charge in [-0.2, -0.15) is 0 Å². The Bertz CT molecular complexity index is 954. The van der Waals surface area contributed by atoms with Crippen molar-refractivity contribution >= 4 is 5.91 Å². The van der Waals surface area contributed by atoms with Gasteiger partial charge in [0.15, 0.2) is 6.61 Å². The van der Waals surface area contributed by atoms with E-state index in [0.29, 0.717) is 6.54 Å². The van der Waals surface area contributed by atoms with Gasteiger partial charge < -0.3 is 9.64 Å².